The van der Waals surface area contributed by atoms with Gasteiger partial charge in [0.1, 0.15) is 11.6 Å². The molecular formula is C15H13BrClFO2. The summed E-state index contributed by atoms with van der Waals surface area (Å²) in [6.07, 6.45) is -0.646. The zero-order chi connectivity index (χ0) is 14.7. The van der Waals surface area contributed by atoms with Gasteiger partial charge in [-0.1, -0.05) is 23.7 Å². The summed E-state index contributed by atoms with van der Waals surface area (Å²) >= 11 is 9.08. The Hall–Kier alpha value is -1.10. The maximum absolute atomic E-state index is 13.8. The first-order chi connectivity index (χ1) is 9.51. The van der Waals surface area contributed by atoms with Crippen molar-refractivity contribution in [3.05, 3.63) is 62.8 Å². The number of halogens is 3. The van der Waals surface area contributed by atoms with Crippen LogP contribution in [0.4, 0.5) is 4.39 Å². The summed E-state index contributed by atoms with van der Waals surface area (Å²) in [5.74, 6) is 0.253. The molecular weight excluding hydrogens is 347 g/mol. The largest absolute Gasteiger partial charge is 0.497 e. The highest BCUT2D eigenvalue weighted by Crippen LogP contribution is 2.30. The van der Waals surface area contributed by atoms with E-state index >= 15 is 0 Å². The number of methoxy groups -OCH3 is 1. The van der Waals surface area contributed by atoms with Crippen LogP contribution in [0.15, 0.2) is 40.9 Å². The lowest BCUT2D eigenvalue weighted by atomic mass is 10.0. The van der Waals surface area contributed by atoms with Crippen molar-refractivity contribution in [3.8, 4) is 5.75 Å². The molecule has 2 aromatic carbocycles. The van der Waals surface area contributed by atoms with E-state index in [1.54, 1.807) is 19.2 Å². The smallest absolute Gasteiger partial charge is 0.130 e. The molecule has 0 aliphatic heterocycles. The monoisotopic (exact) mass is 358 g/mol. The highest BCUT2D eigenvalue weighted by Gasteiger charge is 2.16. The van der Waals surface area contributed by atoms with Gasteiger partial charge in [0.25, 0.3) is 0 Å². The van der Waals surface area contributed by atoms with Crippen molar-refractivity contribution in [2.75, 3.05) is 7.11 Å². The van der Waals surface area contributed by atoms with Gasteiger partial charge in [0, 0.05) is 16.5 Å². The number of aliphatic hydroxyl groups is 1. The van der Waals surface area contributed by atoms with E-state index in [1.807, 2.05) is 12.1 Å². The van der Waals surface area contributed by atoms with E-state index in [4.69, 9.17) is 16.3 Å². The van der Waals surface area contributed by atoms with Crippen LogP contribution >= 0.6 is 27.5 Å². The second kappa shape index (κ2) is 6.57. The van der Waals surface area contributed by atoms with Gasteiger partial charge < -0.3 is 9.84 Å². The van der Waals surface area contributed by atoms with Crippen molar-refractivity contribution in [2.45, 2.75) is 12.5 Å². The van der Waals surface area contributed by atoms with Gasteiger partial charge in [-0.2, -0.15) is 0 Å². The molecule has 1 unspecified atom stereocenters. The summed E-state index contributed by atoms with van der Waals surface area (Å²) in [4.78, 5) is 0. The minimum atomic E-state index is -0.950. The lowest BCUT2D eigenvalue weighted by molar-refractivity contribution is 0.173. The molecule has 1 N–H and O–H groups in total. The summed E-state index contributed by atoms with van der Waals surface area (Å²) < 4.78 is 19.4. The summed E-state index contributed by atoms with van der Waals surface area (Å²) in [6.45, 7) is 0. The molecule has 2 nitrogen and oxygen atoms in total. The lowest BCUT2D eigenvalue weighted by Gasteiger charge is -2.13. The molecule has 0 fully saturated rings. The maximum Gasteiger partial charge on any atom is 0.130 e. The third-order valence-electron chi connectivity index (χ3n) is 2.99. The Labute approximate surface area is 130 Å². The van der Waals surface area contributed by atoms with Crippen LogP contribution < -0.4 is 4.74 Å². The Morgan fingerprint density at radius 1 is 1.30 bits per heavy atom. The minimum absolute atomic E-state index is 0.189. The molecule has 5 heteroatoms. The fourth-order valence-electron chi connectivity index (χ4n) is 1.89. The summed E-state index contributed by atoms with van der Waals surface area (Å²) in [5.41, 5.74) is 1.07. The van der Waals surface area contributed by atoms with E-state index in [0.717, 1.165) is 11.3 Å². The van der Waals surface area contributed by atoms with Crippen LogP contribution in [-0.2, 0) is 6.42 Å². The van der Waals surface area contributed by atoms with Gasteiger partial charge in [-0.15, -0.1) is 0 Å². The van der Waals surface area contributed by atoms with Crippen molar-refractivity contribution in [1.82, 2.24) is 0 Å². The molecule has 0 bridgehead atoms. The van der Waals surface area contributed by atoms with Gasteiger partial charge in [0.05, 0.1) is 18.2 Å². The van der Waals surface area contributed by atoms with Crippen LogP contribution in [0, 0.1) is 5.82 Å². The second-order valence-corrected chi connectivity index (χ2v) is 5.62. The van der Waals surface area contributed by atoms with Crippen molar-refractivity contribution in [1.29, 1.82) is 0 Å². The normalized spacial score (nSPS) is 12.2. The predicted molar refractivity (Wildman–Crippen MR) is 80.8 cm³/mol. The minimum Gasteiger partial charge on any atom is -0.497 e. The highest BCUT2D eigenvalue weighted by atomic mass is 79.9. The van der Waals surface area contributed by atoms with Gasteiger partial charge in [0.2, 0.25) is 0 Å². The van der Waals surface area contributed by atoms with Crippen molar-refractivity contribution in [2.24, 2.45) is 0 Å². The van der Waals surface area contributed by atoms with E-state index in [1.165, 1.54) is 12.1 Å². The zero-order valence-electron chi connectivity index (χ0n) is 10.7. The first-order valence-electron chi connectivity index (χ1n) is 5.96. The van der Waals surface area contributed by atoms with Crippen LogP contribution in [0.2, 0.25) is 5.02 Å². The van der Waals surface area contributed by atoms with Gasteiger partial charge in [-0.25, -0.2) is 4.39 Å². The molecule has 0 amide bonds. The third kappa shape index (κ3) is 3.51. The number of ether oxygens (including phenoxy) is 1. The average Bonchev–Trinajstić information content (AvgIpc) is 2.43. The molecule has 0 aliphatic rings. The maximum atomic E-state index is 13.8. The molecule has 0 aromatic heterocycles. The van der Waals surface area contributed by atoms with Gasteiger partial charge in [-0.3, -0.25) is 0 Å². The predicted octanol–water partition coefficient (Wildman–Crippen LogP) is 4.53. The van der Waals surface area contributed by atoms with E-state index in [2.05, 4.69) is 15.9 Å². The Bertz CT molecular complexity index is 602. The van der Waals surface area contributed by atoms with E-state index in [-0.39, 0.29) is 5.56 Å². The van der Waals surface area contributed by atoms with Crippen LogP contribution in [0.5, 0.6) is 5.75 Å². The number of hydrogen-bond donors (Lipinski definition) is 1. The molecule has 1 atom stereocenters. The van der Waals surface area contributed by atoms with Gasteiger partial charge >= 0.3 is 0 Å². The molecule has 2 aromatic rings. The van der Waals surface area contributed by atoms with Crippen molar-refractivity contribution in [3.63, 3.8) is 0 Å². The van der Waals surface area contributed by atoms with Crippen molar-refractivity contribution >= 4 is 27.5 Å². The quantitative estimate of drug-likeness (QED) is 0.813. The van der Waals surface area contributed by atoms with Crippen LogP contribution in [0.1, 0.15) is 17.2 Å². The molecule has 106 valence electrons. The van der Waals surface area contributed by atoms with Crippen LogP contribution in [-0.4, -0.2) is 12.2 Å². The SMILES string of the molecule is COc1ccc(CC(O)c2cc(Cl)c(Br)cc2F)cc1. The molecule has 0 saturated carbocycles. The van der Waals surface area contributed by atoms with Crippen LogP contribution in [0.25, 0.3) is 0 Å². The van der Waals surface area contributed by atoms with Crippen LogP contribution in [0.3, 0.4) is 0 Å². The molecule has 2 rings (SSSR count). The molecule has 0 aliphatic carbocycles. The first-order valence-corrected chi connectivity index (χ1v) is 7.14. The number of rotatable bonds is 4. The average molecular weight is 360 g/mol. The molecule has 0 radical (unpaired) electrons. The molecule has 0 spiro atoms. The fraction of sp³-hybridized carbons (Fsp3) is 0.200. The Balaban J connectivity index is 2.18. The number of hydrogen-bond acceptors (Lipinski definition) is 2. The van der Waals surface area contributed by atoms with E-state index in [0.29, 0.717) is 15.9 Å². The zero-order valence-corrected chi connectivity index (χ0v) is 13.1. The lowest BCUT2D eigenvalue weighted by Crippen LogP contribution is -2.04. The van der Waals surface area contributed by atoms with Gasteiger partial charge in [-0.05, 0) is 45.8 Å². The highest BCUT2D eigenvalue weighted by molar-refractivity contribution is 9.10. The summed E-state index contributed by atoms with van der Waals surface area (Å²) in [7, 11) is 1.59. The number of benzene rings is 2. The summed E-state index contributed by atoms with van der Waals surface area (Å²) in [6, 6.07) is 9.96. The van der Waals surface area contributed by atoms with Crippen molar-refractivity contribution < 1.29 is 14.2 Å². The second-order valence-electron chi connectivity index (χ2n) is 4.36. The molecule has 0 heterocycles. The van der Waals surface area contributed by atoms with E-state index < -0.39 is 11.9 Å². The fourth-order valence-corrected chi connectivity index (χ4v) is 2.38. The first kappa shape index (κ1) is 15.3. The topological polar surface area (TPSA) is 29.5 Å². The Morgan fingerprint density at radius 2 is 1.95 bits per heavy atom. The molecule has 0 saturated heterocycles. The molecule has 20 heavy (non-hydrogen) atoms. The van der Waals surface area contributed by atoms with E-state index in [9.17, 15) is 9.50 Å². The summed E-state index contributed by atoms with van der Waals surface area (Å²) in [5, 5.41) is 10.5. The Kier molecular flexibility index (Phi) is 5.02. The standard InChI is InChI=1S/C15H13BrClFO2/c1-20-10-4-2-9(3-5-10)6-15(19)11-7-13(17)12(16)8-14(11)18/h2-5,7-8,15,19H,6H2,1H3. The Morgan fingerprint density at radius 3 is 2.55 bits per heavy atom. The number of aliphatic hydroxyl groups excluding tert-OH is 1. The van der Waals surface area contributed by atoms with Gasteiger partial charge in [0.15, 0.2) is 0 Å². The third-order valence-corrected chi connectivity index (χ3v) is 4.18.